The van der Waals surface area contributed by atoms with Gasteiger partial charge in [-0.2, -0.15) is 13.2 Å². The van der Waals surface area contributed by atoms with E-state index < -0.39 is 18.2 Å². The van der Waals surface area contributed by atoms with E-state index >= 15 is 0 Å². The topological polar surface area (TPSA) is 62.2 Å². The van der Waals surface area contributed by atoms with E-state index in [1.54, 1.807) is 12.3 Å². The van der Waals surface area contributed by atoms with Gasteiger partial charge in [0.15, 0.2) is 0 Å². The molecule has 1 fully saturated rings. The van der Waals surface area contributed by atoms with Gasteiger partial charge in [0.1, 0.15) is 0 Å². The highest BCUT2D eigenvalue weighted by molar-refractivity contribution is 6.06. The van der Waals surface area contributed by atoms with Gasteiger partial charge in [-0.05, 0) is 98.9 Å². The molecule has 1 amide bonds. The van der Waals surface area contributed by atoms with E-state index in [0.29, 0.717) is 30.5 Å². The van der Waals surface area contributed by atoms with Crippen molar-refractivity contribution in [1.82, 2.24) is 4.98 Å². The number of nitrogens with one attached hydrogen (secondary N) is 1. The van der Waals surface area contributed by atoms with Crippen molar-refractivity contribution in [3.63, 3.8) is 0 Å². The third-order valence-corrected chi connectivity index (χ3v) is 8.10. The predicted octanol–water partition coefficient (Wildman–Crippen LogP) is 6.50. The van der Waals surface area contributed by atoms with Gasteiger partial charge in [-0.1, -0.05) is 19.1 Å². The number of amides is 1. The Morgan fingerprint density at radius 1 is 1.24 bits per heavy atom. The van der Waals surface area contributed by atoms with Gasteiger partial charge in [-0.3, -0.25) is 9.78 Å². The average molecular weight is 475 g/mol. The summed E-state index contributed by atoms with van der Waals surface area (Å²) in [6, 6.07) is 9.44. The fraction of sp³-hybridized carbons (Fsp3) is 0.556. The van der Waals surface area contributed by atoms with Crippen LogP contribution in [0.25, 0.3) is 0 Å². The first-order valence-corrected chi connectivity index (χ1v) is 12.2. The number of carbonyl (C=O) groups excluding carboxylic acids is 1. The highest BCUT2D eigenvalue weighted by atomic mass is 19.4. The Hall–Kier alpha value is -2.41. The van der Waals surface area contributed by atoms with Crippen molar-refractivity contribution < 1.29 is 23.1 Å². The molecular weight excluding hydrogens is 441 g/mol. The van der Waals surface area contributed by atoms with Crippen molar-refractivity contribution in [2.45, 2.75) is 88.8 Å². The van der Waals surface area contributed by atoms with Crippen LogP contribution in [0.1, 0.15) is 85.5 Å². The number of benzene rings is 1. The maximum Gasteiger partial charge on any atom is 0.389 e. The molecule has 2 aliphatic carbocycles. The summed E-state index contributed by atoms with van der Waals surface area (Å²) in [5.74, 6) is -0.167. The van der Waals surface area contributed by atoms with Crippen molar-refractivity contribution in [1.29, 1.82) is 0 Å². The fourth-order valence-electron chi connectivity index (χ4n) is 6.30. The SMILES string of the molecule is CC[C@]12CC[C@@](O)(CCC(F)(F)F)C[C@H]1CCCc1cccc(C(=O)Nc3cccnc3C)c12. The monoisotopic (exact) mass is 474 g/mol. The Kier molecular flexibility index (Phi) is 6.78. The first kappa shape index (κ1) is 24.7. The highest BCUT2D eigenvalue weighted by Crippen LogP contribution is 2.55. The fourth-order valence-corrected chi connectivity index (χ4v) is 6.30. The Labute approximate surface area is 199 Å². The van der Waals surface area contributed by atoms with Crippen molar-refractivity contribution >= 4 is 11.6 Å². The number of halogens is 3. The molecule has 2 aliphatic rings. The lowest BCUT2D eigenvalue weighted by Crippen LogP contribution is -2.48. The number of anilines is 1. The molecule has 1 aromatic heterocycles. The second-order valence-corrected chi connectivity index (χ2v) is 10.1. The van der Waals surface area contributed by atoms with Crippen LogP contribution in [-0.2, 0) is 11.8 Å². The summed E-state index contributed by atoms with van der Waals surface area (Å²) in [5, 5.41) is 14.2. The van der Waals surface area contributed by atoms with Gasteiger partial charge in [-0.25, -0.2) is 0 Å². The maximum atomic E-state index is 13.5. The molecule has 2 N–H and O–H groups in total. The molecule has 0 aliphatic heterocycles. The van der Waals surface area contributed by atoms with Gasteiger partial charge in [0.2, 0.25) is 0 Å². The molecule has 7 heteroatoms. The Bertz CT molecular complexity index is 1050. The van der Waals surface area contributed by atoms with E-state index in [1.165, 1.54) is 0 Å². The number of hydrogen-bond donors (Lipinski definition) is 2. The number of rotatable bonds is 5. The molecule has 4 nitrogen and oxygen atoms in total. The van der Waals surface area contributed by atoms with Crippen LogP contribution in [0, 0.1) is 12.8 Å². The third kappa shape index (κ3) is 4.85. The van der Waals surface area contributed by atoms with E-state index in [1.807, 2.05) is 25.1 Å². The minimum atomic E-state index is -4.28. The van der Waals surface area contributed by atoms with E-state index in [4.69, 9.17) is 0 Å². The molecule has 2 aromatic rings. The molecule has 1 aromatic carbocycles. The summed E-state index contributed by atoms with van der Waals surface area (Å²) in [6.45, 7) is 3.94. The number of aryl methyl sites for hydroxylation is 2. The zero-order chi connectivity index (χ0) is 24.6. The molecule has 34 heavy (non-hydrogen) atoms. The van der Waals surface area contributed by atoms with Crippen LogP contribution in [-0.4, -0.2) is 27.8 Å². The summed E-state index contributed by atoms with van der Waals surface area (Å²) in [7, 11) is 0. The summed E-state index contributed by atoms with van der Waals surface area (Å²) in [6.07, 6.45) is 0.717. The molecule has 0 unspecified atom stereocenters. The van der Waals surface area contributed by atoms with Gasteiger partial charge in [-0.15, -0.1) is 0 Å². The highest BCUT2D eigenvalue weighted by Gasteiger charge is 2.51. The van der Waals surface area contributed by atoms with Gasteiger partial charge >= 0.3 is 6.18 Å². The number of pyridine rings is 1. The summed E-state index contributed by atoms with van der Waals surface area (Å²) < 4.78 is 38.7. The first-order chi connectivity index (χ1) is 16.1. The largest absolute Gasteiger partial charge is 0.390 e. The van der Waals surface area contributed by atoms with Crippen molar-refractivity contribution in [2.75, 3.05) is 5.32 Å². The Morgan fingerprint density at radius 3 is 2.74 bits per heavy atom. The third-order valence-electron chi connectivity index (χ3n) is 8.10. The van der Waals surface area contributed by atoms with Crippen LogP contribution in [0.5, 0.6) is 0 Å². The number of aromatic nitrogens is 1. The Morgan fingerprint density at radius 2 is 2.03 bits per heavy atom. The van der Waals surface area contributed by atoms with Crippen LogP contribution in [0.3, 0.4) is 0 Å². The number of nitrogens with zero attached hydrogens (tertiary/aromatic N) is 1. The van der Waals surface area contributed by atoms with E-state index in [-0.39, 0.29) is 23.7 Å². The number of hydrogen-bond acceptors (Lipinski definition) is 3. The maximum absolute atomic E-state index is 13.5. The quantitative estimate of drug-likeness (QED) is 0.520. The molecule has 0 spiro atoms. The van der Waals surface area contributed by atoms with Crippen LogP contribution in [0.15, 0.2) is 36.5 Å². The van der Waals surface area contributed by atoms with Crippen LogP contribution in [0.2, 0.25) is 0 Å². The predicted molar refractivity (Wildman–Crippen MR) is 126 cm³/mol. The van der Waals surface area contributed by atoms with E-state index in [9.17, 15) is 23.1 Å². The second kappa shape index (κ2) is 9.33. The first-order valence-electron chi connectivity index (χ1n) is 12.2. The molecule has 3 atom stereocenters. The summed E-state index contributed by atoms with van der Waals surface area (Å²) >= 11 is 0. The molecule has 0 saturated heterocycles. The van der Waals surface area contributed by atoms with Gasteiger partial charge in [0.25, 0.3) is 5.91 Å². The Balaban J connectivity index is 1.70. The lowest BCUT2D eigenvalue weighted by atomic mass is 9.55. The van der Waals surface area contributed by atoms with Crippen molar-refractivity contribution in [3.05, 3.63) is 58.9 Å². The van der Waals surface area contributed by atoms with Crippen molar-refractivity contribution in [3.8, 4) is 0 Å². The minimum absolute atomic E-state index is 0.0276. The molecule has 0 bridgehead atoms. The lowest BCUT2D eigenvalue weighted by Gasteiger charge is -2.50. The summed E-state index contributed by atoms with van der Waals surface area (Å²) in [4.78, 5) is 17.8. The molecule has 1 saturated carbocycles. The number of fused-ring (bicyclic) bond motifs is 3. The van der Waals surface area contributed by atoms with Crippen LogP contribution >= 0.6 is 0 Å². The standard InChI is InChI=1S/C27H33F3N2O2/c1-3-26-14-12-25(34,13-15-27(28,29)30)17-20(26)9-4-7-19-8-5-10-21(23(19)26)24(33)32-22-11-6-16-31-18(22)2/h5-6,8,10-11,16,20,34H,3-4,7,9,12-15,17H2,1-2H3,(H,32,33)/t20-,25-,26+/m1/s1. The number of alkyl halides is 3. The lowest BCUT2D eigenvalue weighted by molar-refractivity contribution is -0.153. The molecular formula is C27H33F3N2O2. The van der Waals surface area contributed by atoms with Gasteiger partial charge in [0.05, 0.1) is 17.0 Å². The van der Waals surface area contributed by atoms with Gasteiger partial charge < -0.3 is 10.4 Å². The minimum Gasteiger partial charge on any atom is -0.390 e. The van der Waals surface area contributed by atoms with Gasteiger partial charge in [0, 0.05) is 18.2 Å². The smallest absolute Gasteiger partial charge is 0.389 e. The average Bonchev–Trinajstić information content (AvgIpc) is 2.95. The summed E-state index contributed by atoms with van der Waals surface area (Å²) in [5.41, 5.74) is 2.52. The number of aliphatic hydroxyl groups is 1. The molecule has 0 radical (unpaired) electrons. The second-order valence-electron chi connectivity index (χ2n) is 10.1. The molecule has 184 valence electrons. The van der Waals surface area contributed by atoms with Crippen LogP contribution < -0.4 is 5.32 Å². The zero-order valence-electron chi connectivity index (χ0n) is 19.8. The normalized spacial score (nSPS) is 26.8. The number of carbonyl (C=O) groups is 1. The van der Waals surface area contributed by atoms with E-state index in [2.05, 4.69) is 23.3 Å². The zero-order valence-corrected chi connectivity index (χ0v) is 19.8. The van der Waals surface area contributed by atoms with Crippen LogP contribution in [0.4, 0.5) is 18.9 Å². The molecule has 1 heterocycles. The van der Waals surface area contributed by atoms with Crippen molar-refractivity contribution in [2.24, 2.45) is 5.92 Å². The molecule has 4 rings (SSSR count). The van der Waals surface area contributed by atoms with E-state index in [0.717, 1.165) is 42.5 Å².